The highest BCUT2D eigenvalue weighted by molar-refractivity contribution is 5.99. The molecule has 2 amide bonds. The van der Waals surface area contributed by atoms with Gasteiger partial charge >= 0.3 is 5.97 Å². The SMILES string of the molecule is CCCCCCCC(=O)N(C(=O)CCCCCCC)[C@@H](C)C(=O)O. The Morgan fingerprint density at radius 1 is 0.750 bits per heavy atom. The molecule has 1 N–H and O–H groups in total. The summed E-state index contributed by atoms with van der Waals surface area (Å²) in [5.74, 6) is -1.83. The average molecular weight is 341 g/mol. The number of carbonyl (C=O) groups is 3. The van der Waals surface area contributed by atoms with E-state index in [0.29, 0.717) is 12.8 Å². The van der Waals surface area contributed by atoms with Crippen LogP contribution in [0.25, 0.3) is 0 Å². The van der Waals surface area contributed by atoms with Gasteiger partial charge in [0.15, 0.2) is 0 Å². The Hall–Kier alpha value is -1.39. The van der Waals surface area contributed by atoms with Gasteiger partial charge in [0.2, 0.25) is 11.8 Å². The van der Waals surface area contributed by atoms with Crippen LogP contribution >= 0.6 is 0 Å². The van der Waals surface area contributed by atoms with Gasteiger partial charge in [-0.2, -0.15) is 0 Å². The highest BCUT2D eigenvalue weighted by Crippen LogP contribution is 2.13. The molecule has 0 radical (unpaired) electrons. The number of aliphatic carboxylic acids is 1. The van der Waals surface area contributed by atoms with Gasteiger partial charge in [-0.1, -0.05) is 65.2 Å². The van der Waals surface area contributed by atoms with E-state index in [1.165, 1.54) is 6.92 Å². The molecule has 0 aliphatic rings. The number of carbonyl (C=O) groups excluding carboxylic acids is 2. The smallest absolute Gasteiger partial charge is 0.326 e. The van der Waals surface area contributed by atoms with Crippen molar-refractivity contribution in [3.05, 3.63) is 0 Å². The van der Waals surface area contributed by atoms with E-state index in [1.807, 2.05) is 0 Å². The van der Waals surface area contributed by atoms with Gasteiger partial charge in [0, 0.05) is 12.8 Å². The van der Waals surface area contributed by atoms with Gasteiger partial charge in [-0.15, -0.1) is 0 Å². The largest absolute Gasteiger partial charge is 0.480 e. The summed E-state index contributed by atoms with van der Waals surface area (Å²) in [4.78, 5) is 36.9. The van der Waals surface area contributed by atoms with Crippen LogP contribution in [0.3, 0.4) is 0 Å². The van der Waals surface area contributed by atoms with Gasteiger partial charge in [-0.05, 0) is 19.8 Å². The molecule has 0 aliphatic carbocycles. The van der Waals surface area contributed by atoms with Crippen molar-refractivity contribution >= 4 is 17.8 Å². The summed E-state index contributed by atoms with van der Waals surface area (Å²) in [6.07, 6.45) is 10.5. The summed E-state index contributed by atoms with van der Waals surface area (Å²) < 4.78 is 0. The highest BCUT2D eigenvalue weighted by atomic mass is 16.4. The standard InChI is InChI=1S/C19H35NO4/c1-4-6-8-10-12-14-17(21)20(16(3)19(23)24)18(22)15-13-11-9-7-5-2/h16H,4-15H2,1-3H3,(H,23,24)/t16-/m0/s1. The molecule has 0 bridgehead atoms. The molecule has 5 nitrogen and oxygen atoms in total. The number of imide groups is 1. The van der Waals surface area contributed by atoms with Crippen molar-refractivity contribution in [2.45, 2.75) is 104 Å². The molecule has 24 heavy (non-hydrogen) atoms. The number of carboxylic acid groups (broad SMARTS) is 1. The first-order chi connectivity index (χ1) is 11.5. The van der Waals surface area contributed by atoms with Gasteiger partial charge in [-0.25, -0.2) is 4.79 Å². The topological polar surface area (TPSA) is 74.7 Å². The second-order valence-corrected chi connectivity index (χ2v) is 6.50. The second kappa shape index (κ2) is 14.0. The van der Waals surface area contributed by atoms with Crippen LogP contribution in [-0.4, -0.2) is 33.8 Å². The molecule has 0 fully saturated rings. The fourth-order valence-electron chi connectivity index (χ4n) is 2.68. The zero-order chi connectivity index (χ0) is 18.4. The molecular formula is C19H35NO4. The van der Waals surface area contributed by atoms with E-state index in [9.17, 15) is 19.5 Å². The third-order valence-electron chi connectivity index (χ3n) is 4.27. The van der Waals surface area contributed by atoms with Crippen molar-refractivity contribution in [1.82, 2.24) is 4.90 Å². The Kier molecular flexibility index (Phi) is 13.2. The zero-order valence-electron chi connectivity index (χ0n) is 15.7. The summed E-state index contributed by atoms with van der Waals surface area (Å²) in [6.45, 7) is 5.66. The van der Waals surface area contributed by atoms with E-state index >= 15 is 0 Å². The Labute approximate surface area is 146 Å². The molecule has 0 saturated heterocycles. The van der Waals surface area contributed by atoms with Gasteiger partial charge in [0.25, 0.3) is 0 Å². The lowest BCUT2D eigenvalue weighted by molar-refractivity contribution is -0.157. The predicted molar refractivity (Wildman–Crippen MR) is 95.7 cm³/mol. The summed E-state index contributed by atoms with van der Waals surface area (Å²) in [5, 5.41) is 9.19. The Balaban J connectivity index is 4.47. The molecule has 0 unspecified atom stereocenters. The van der Waals surface area contributed by atoms with Gasteiger partial charge in [0.05, 0.1) is 0 Å². The predicted octanol–water partition coefficient (Wildman–Crippen LogP) is 4.54. The van der Waals surface area contributed by atoms with E-state index in [-0.39, 0.29) is 24.7 Å². The monoisotopic (exact) mass is 341 g/mol. The van der Waals surface area contributed by atoms with Crippen LogP contribution in [0.1, 0.15) is 97.8 Å². The number of unbranched alkanes of at least 4 members (excludes halogenated alkanes) is 8. The zero-order valence-corrected chi connectivity index (χ0v) is 15.7. The van der Waals surface area contributed by atoms with E-state index in [0.717, 1.165) is 56.3 Å². The van der Waals surface area contributed by atoms with Gasteiger partial charge in [0.1, 0.15) is 6.04 Å². The fraction of sp³-hybridized carbons (Fsp3) is 0.842. The lowest BCUT2D eigenvalue weighted by atomic mass is 10.1. The molecule has 5 heteroatoms. The number of nitrogens with zero attached hydrogens (tertiary/aromatic N) is 1. The lowest BCUT2D eigenvalue weighted by Crippen LogP contribution is -2.47. The van der Waals surface area contributed by atoms with Crippen molar-refractivity contribution < 1.29 is 19.5 Å². The molecule has 140 valence electrons. The number of rotatable bonds is 14. The second-order valence-electron chi connectivity index (χ2n) is 6.50. The van der Waals surface area contributed by atoms with Crippen LogP contribution in [0.4, 0.5) is 0 Å². The first-order valence-corrected chi connectivity index (χ1v) is 9.53. The van der Waals surface area contributed by atoms with Crippen molar-refractivity contribution in [3.63, 3.8) is 0 Å². The Bertz CT molecular complexity index is 356. The van der Waals surface area contributed by atoms with Crippen molar-refractivity contribution in [3.8, 4) is 0 Å². The maximum Gasteiger partial charge on any atom is 0.326 e. The average Bonchev–Trinajstić information content (AvgIpc) is 2.54. The van der Waals surface area contributed by atoms with E-state index in [1.54, 1.807) is 0 Å². The summed E-state index contributed by atoms with van der Waals surface area (Å²) in [7, 11) is 0. The van der Waals surface area contributed by atoms with Crippen LogP contribution < -0.4 is 0 Å². The minimum Gasteiger partial charge on any atom is -0.480 e. The molecule has 0 spiro atoms. The third-order valence-corrected chi connectivity index (χ3v) is 4.27. The maximum absolute atomic E-state index is 12.3. The number of carboxylic acids is 1. The fourth-order valence-corrected chi connectivity index (χ4v) is 2.68. The summed E-state index contributed by atoms with van der Waals surface area (Å²) in [6, 6.07) is -1.09. The molecular weight excluding hydrogens is 306 g/mol. The molecule has 0 saturated carbocycles. The molecule has 0 aliphatic heterocycles. The molecule has 0 aromatic carbocycles. The number of hydrogen-bond acceptors (Lipinski definition) is 3. The van der Waals surface area contributed by atoms with Crippen molar-refractivity contribution in [2.75, 3.05) is 0 Å². The quantitative estimate of drug-likeness (QED) is 0.471. The van der Waals surface area contributed by atoms with Crippen LogP contribution in [0.2, 0.25) is 0 Å². The first kappa shape index (κ1) is 22.6. The highest BCUT2D eigenvalue weighted by Gasteiger charge is 2.30. The molecule has 0 heterocycles. The van der Waals surface area contributed by atoms with Crippen molar-refractivity contribution in [2.24, 2.45) is 0 Å². The first-order valence-electron chi connectivity index (χ1n) is 9.53. The van der Waals surface area contributed by atoms with Gasteiger partial charge in [-0.3, -0.25) is 14.5 Å². The Morgan fingerprint density at radius 3 is 1.46 bits per heavy atom. The number of amides is 2. The van der Waals surface area contributed by atoms with Crippen LogP contribution in [0, 0.1) is 0 Å². The molecule has 0 aromatic heterocycles. The maximum atomic E-state index is 12.3. The lowest BCUT2D eigenvalue weighted by Gasteiger charge is -2.25. The van der Waals surface area contributed by atoms with Crippen LogP contribution in [0.15, 0.2) is 0 Å². The summed E-state index contributed by atoms with van der Waals surface area (Å²) >= 11 is 0. The molecule has 0 rings (SSSR count). The van der Waals surface area contributed by atoms with Crippen molar-refractivity contribution in [1.29, 1.82) is 0 Å². The van der Waals surface area contributed by atoms with Crippen LogP contribution in [-0.2, 0) is 14.4 Å². The number of hydrogen-bond donors (Lipinski definition) is 1. The minimum atomic E-state index is -1.13. The van der Waals surface area contributed by atoms with E-state index in [4.69, 9.17) is 0 Å². The Morgan fingerprint density at radius 2 is 1.12 bits per heavy atom. The normalized spacial score (nSPS) is 12.0. The van der Waals surface area contributed by atoms with Gasteiger partial charge < -0.3 is 5.11 Å². The summed E-state index contributed by atoms with van der Waals surface area (Å²) in [5.41, 5.74) is 0. The minimum absolute atomic E-state index is 0.253. The van der Waals surface area contributed by atoms with E-state index in [2.05, 4.69) is 13.8 Å². The van der Waals surface area contributed by atoms with Crippen LogP contribution in [0.5, 0.6) is 0 Å². The third kappa shape index (κ3) is 9.68. The molecule has 0 aromatic rings. The van der Waals surface area contributed by atoms with E-state index < -0.39 is 12.0 Å². The molecule has 1 atom stereocenters.